The average molecular weight is 641 g/mol. The molecule has 0 unspecified atom stereocenters. The van der Waals surface area contributed by atoms with Gasteiger partial charge in [0.2, 0.25) is 0 Å². The Kier molecular flexibility index (Phi) is 12.3. The van der Waals surface area contributed by atoms with Gasteiger partial charge >= 0.3 is 17.8 Å². The van der Waals surface area contributed by atoms with Crippen LogP contribution in [0.5, 0.6) is 0 Å². The first kappa shape index (κ1) is 34.6. The number of halogens is 4. The number of nitrogens with zero attached hydrogens (tertiary/aromatic N) is 1. The van der Waals surface area contributed by atoms with Crippen LogP contribution in [0.3, 0.4) is 0 Å². The van der Waals surface area contributed by atoms with Gasteiger partial charge in [0.15, 0.2) is 12.5 Å². The first-order chi connectivity index (χ1) is 20.2. The second-order valence-electron chi connectivity index (χ2n) is 9.70. The number of carbonyl (C=O) groups is 1. The summed E-state index contributed by atoms with van der Waals surface area (Å²) in [5.41, 5.74) is 5.41. The molecule has 2 saturated heterocycles. The number of rotatable bonds is 10. The van der Waals surface area contributed by atoms with Crippen molar-refractivity contribution in [1.29, 1.82) is 0 Å². The molecule has 0 radical (unpaired) electrons. The maximum Gasteiger partial charge on any atom is 0.490 e. The first-order valence-corrected chi connectivity index (χ1v) is 13.4. The third-order valence-corrected chi connectivity index (χ3v) is 6.86. The number of hydrogen-bond acceptors (Lipinski definition) is 11. The Morgan fingerprint density at radius 1 is 1.16 bits per heavy atom. The molecule has 8 N–H and O–H groups in total. The first-order valence-electron chi connectivity index (χ1n) is 13.0. The Morgan fingerprint density at radius 3 is 2.37 bits per heavy atom. The van der Waals surface area contributed by atoms with Crippen molar-refractivity contribution < 1.29 is 52.6 Å². The van der Waals surface area contributed by atoms with Crippen molar-refractivity contribution in [2.24, 2.45) is 5.73 Å². The van der Waals surface area contributed by atoms with E-state index in [4.69, 9.17) is 41.4 Å². The molecule has 3 heterocycles. The topological polar surface area (TPSA) is 219 Å². The number of aromatic amines is 1. The number of H-pyrrole nitrogens is 1. The van der Waals surface area contributed by atoms with Crippen LogP contribution in [-0.2, 0) is 25.4 Å². The number of aliphatic hydroxyl groups excluding tert-OH is 3. The number of carboxylic acids is 1. The van der Waals surface area contributed by atoms with E-state index in [1.165, 1.54) is 6.20 Å². The predicted octanol–water partition coefficient (Wildman–Crippen LogP) is -0.905. The molecule has 0 saturated carbocycles. The van der Waals surface area contributed by atoms with Crippen LogP contribution in [0.1, 0.15) is 18.2 Å². The molecule has 4 rings (SSSR count). The van der Waals surface area contributed by atoms with Crippen molar-refractivity contribution >= 4 is 17.6 Å². The van der Waals surface area contributed by atoms with Gasteiger partial charge in [-0.05, 0) is 30.7 Å². The summed E-state index contributed by atoms with van der Waals surface area (Å²) in [6, 6.07) is 8.64. The highest BCUT2D eigenvalue weighted by molar-refractivity contribution is 6.30. The highest BCUT2D eigenvalue weighted by Crippen LogP contribution is 2.32. The maximum absolute atomic E-state index is 12.2. The van der Waals surface area contributed by atoms with Gasteiger partial charge in [0, 0.05) is 36.8 Å². The van der Waals surface area contributed by atoms with E-state index >= 15 is 0 Å². The Hall–Kier alpha value is -2.87. The van der Waals surface area contributed by atoms with E-state index in [-0.39, 0.29) is 19.5 Å². The van der Waals surface area contributed by atoms with Gasteiger partial charge in [-0.2, -0.15) is 13.2 Å². The molecule has 0 amide bonds. The standard InChI is InChI=1S/C23H31ClN4O8.C2HF3O2/c24-13-3-1-12(2-4-13)5-7-26-11-17(36-22-20(32)19(31)16(10-25)35-22)15-9-14(29)21(34-15)28-8-6-18(30)27-23(28)33;3-2(4,5)1(6)7/h1-4,6,8,14-17,19-22,26,29,31-32H,5,7,9-11,25H2,(H,27,30,33);(H,6,7)/t14-,15+,16-,17+,19-,20-,21-,22+;/m1./s1. The number of ether oxygens (including phenoxy) is 3. The van der Waals surface area contributed by atoms with E-state index in [2.05, 4.69) is 10.3 Å². The van der Waals surface area contributed by atoms with E-state index < -0.39 is 72.5 Å². The van der Waals surface area contributed by atoms with Crippen molar-refractivity contribution in [3.05, 3.63) is 68.0 Å². The van der Waals surface area contributed by atoms with Crippen LogP contribution in [0.2, 0.25) is 5.02 Å². The Bertz CT molecular complexity index is 1310. The molecule has 0 spiro atoms. The summed E-state index contributed by atoms with van der Waals surface area (Å²) in [5.74, 6) is -2.76. The lowest BCUT2D eigenvalue weighted by Crippen LogP contribution is -2.44. The molecule has 0 bridgehead atoms. The summed E-state index contributed by atoms with van der Waals surface area (Å²) in [6.07, 6.45) is -11.0. The van der Waals surface area contributed by atoms with Gasteiger partial charge in [-0.25, -0.2) is 9.59 Å². The predicted molar refractivity (Wildman–Crippen MR) is 142 cm³/mol. The van der Waals surface area contributed by atoms with E-state index in [9.17, 15) is 38.1 Å². The van der Waals surface area contributed by atoms with E-state index in [0.717, 1.165) is 16.2 Å². The second kappa shape index (κ2) is 15.2. The smallest absolute Gasteiger partial charge is 0.475 e. The van der Waals surface area contributed by atoms with Gasteiger partial charge < -0.3 is 45.7 Å². The van der Waals surface area contributed by atoms with Crippen molar-refractivity contribution in [2.75, 3.05) is 19.6 Å². The summed E-state index contributed by atoms with van der Waals surface area (Å²) in [5, 5.41) is 42.2. The molecule has 0 aliphatic carbocycles. The lowest BCUT2D eigenvalue weighted by molar-refractivity contribution is -0.213. The molecular formula is C25H32ClF3N4O10. The Labute approximate surface area is 246 Å². The Morgan fingerprint density at radius 2 is 1.81 bits per heavy atom. The van der Waals surface area contributed by atoms with Gasteiger partial charge in [0.1, 0.15) is 24.4 Å². The van der Waals surface area contributed by atoms with Crippen molar-refractivity contribution in [3.63, 3.8) is 0 Å². The molecule has 1 aromatic carbocycles. The van der Waals surface area contributed by atoms with Crippen LogP contribution in [-0.4, -0.2) is 105 Å². The van der Waals surface area contributed by atoms with Crippen molar-refractivity contribution in [2.45, 2.75) is 68.2 Å². The number of hydrogen-bond donors (Lipinski definition) is 7. The van der Waals surface area contributed by atoms with Gasteiger partial charge in [-0.1, -0.05) is 23.7 Å². The molecule has 43 heavy (non-hydrogen) atoms. The summed E-state index contributed by atoms with van der Waals surface area (Å²) in [6.45, 7) is 0.841. The molecule has 1 aromatic heterocycles. The largest absolute Gasteiger partial charge is 0.490 e. The minimum absolute atomic E-state index is 0.00204. The number of nitrogens with one attached hydrogen (secondary N) is 2. The zero-order chi connectivity index (χ0) is 31.9. The fourth-order valence-corrected chi connectivity index (χ4v) is 4.51. The molecule has 18 heteroatoms. The number of benzene rings is 1. The lowest BCUT2D eigenvalue weighted by Gasteiger charge is -2.28. The SMILES string of the molecule is NC[C@H]1O[C@@H](O[C@@H](CNCCc2ccc(Cl)cc2)[C@@H]2C[C@@H](O)[C@H](n3ccc(=O)[nH]c3=O)O2)[C@H](O)[C@@H]1O.O=C(O)C(F)(F)F. The van der Waals surface area contributed by atoms with Crippen molar-refractivity contribution in [1.82, 2.24) is 14.9 Å². The third kappa shape index (κ3) is 9.56. The molecular weight excluding hydrogens is 609 g/mol. The molecule has 14 nitrogen and oxygen atoms in total. The summed E-state index contributed by atoms with van der Waals surface area (Å²) < 4.78 is 50.4. The molecule has 2 aliphatic rings. The van der Waals surface area contributed by atoms with Gasteiger partial charge in [-0.15, -0.1) is 0 Å². The fourth-order valence-electron chi connectivity index (χ4n) is 4.39. The van der Waals surface area contributed by atoms with Crippen LogP contribution in [0, 0.1) is 0 Å². The molecule has 2 aliphatic heterocycles. The average Bonchev–Trinajstić information content (AvgIpc) is 3.45. The van der Waals surface area contributed by atoms with Gasteiger partial charge in [0.25, 0.3) is 5.56 Å². The zero-order valence-electron chi connectivity index (χ0n) is 22.4. The Balaban J connectivity index is 0.000000646. The van der Waals surface area contributed by atoms with Gasteiger partial charge in [-0.3, -0.25) is 14.3 Å². The van der Waals surface area contributed by atoms with Gasteiger partial charge in [0.05, 0.1) is 12.2 Å². The minimum atomic E-state index is -5.08. The number of alkyl halides is 3. The van der Waals surface area contributed by atoms with Crippen LogP contribution < -0.4 is 22.3 Å². The third-order valence-electron chi connectivity index (χ3n) is 6.61. The molecule has 2 aromatic rings. The second-order valence-corrected chi connectivity index (χ2v) is 10.1. The molecule has 8 atom stereocenters. The number of aromatic nitrogens is 2. The maximum atomic E-state index is 12.2. The monoisotopic (exact) mass is 640 g/mol. The van der Waals surface area contributed by atoms with Crippen LogP contribution >= 0.6 is 11.6 Å². The normalized spacial score (nSPS) is 27.9. The number of aliphatic carboxylic acids is 1. The minimum Gasteiger partial charge on any atom is -0.475 e. The lowest BCUT2D eigenvalue weighted by atomic mass is 10.1. The van der Waals surface area contributed by atoms with E-state index in [1.807, 2.05) is 24.3 Å². The van der Waals surface area contributed by atoms with Crippen molar-refractivity contribution in [3.8, 4) is 0 Å². The quantitative estimate of drug-likeness (QED) is 0.157. The molecule has 240 valence electrons. The van der Waals surface area contributed by atoms with E-state index in [1.54, 1.807) is 0 Å². The number of carboxylic acid groups (broad SMARTS) is 1. The summed E-state index contributed by atoms with van der Waals surface area (Å²) in [4.78, 5) is 34.7. The zero-order valence-corrected chi connectivity index (χ0v) is 23.1. The number of nitrogens with two attached hydrogens (primary N) is 1. The highest BCUT2D eigenvalue weighted by Gasteiger charge is 2.47. The summed E-state index contributed by atoms with van der Waals surface area (Å²) in [7, 11) is 0. The summed E-state index contributed by atoms with van der Waals surface area (Å²) >= 11 is 5.93. The molecule has 2 fully saturated rings. The van der Waals surface area contributed by atoms with E-state index in [0.29, 0.717) is 18.0 Å². The van der Waals surface area contributed by atoms with Crippen LogP contribution in [0.4, 0.5) is 13.2 Å². The fraction of sp³-hybridized carbons (Fsp3) is 0.560. The van der Waals surface area contributed by atoms with Crippen LogP contribution in [0.15, 0.2) is 46.1 Å². The number of aliphatic hydroxyl groups is 3. The van der Waals surface area contributed by atoms with Crippen LogP contribution in [0.25, 0.3) is 0 Å². The highest BCUT2D eigenvalue weighted by atomic mass is 35.5.